The Bertz CT molecular complexity index is 679. The van der Waals surface area contributed by atoms with Gasteiger partial charge in [0.1, 0.15) is 5.82 Å². The summed E-state index contributed by atoms with van der Waals surface area (Å²) in [5, 5.41) is -0.578. The standard InChI is InChI=1S/C15H14BrClFNO/c1-8-6-12(15(20)9(2)17)10(3)19(8)11-4-5-13(16)14(18)7-11/h4-7,9H,1-3H3. The molecule has 1 aromatic heterocycles. The molecule has 0 aliphatic rings. The number of rotatable bonds is 3. The van der Waals surface area contributed by atoms with Crippen molar-refractivity contribution < 1.29 is 9.18 Å². The van der Waals surface area contributed by atoms with Crippen LogP contribution in [0.15, 0.2) is 28.7 Å². The van der Waals surface area contributed by atoms with Crippen molar-refractivity contribution in [3.05, 3.63) is 51.5 Å². The van der Waals surface area contributed by atoms with Gasteiger partial charge in [0.05, 0.1) is 9.85 Å². The van der Waals surface area contributed by atoms with Crippen LogP contribution in [0.4, 0.5) is 4.39 Å². The lowest BCUT2D eigenvalue weighted by Gasteiger charge is -2.11. The van der Waals surface area contributed by atoms with Gasteiger partial charge in [0.2, 0.25) is 0 Å². The predicted molar refractivity (Wildman–Crippen MR) is 82.5 cm³/mol. The molecule has 2 nitrogen and oxygen atoms in total. The van der Waals surface area contributed by atoms with Crippen LogP contribution in [0.2, 0.25) is 0 Å². The Labute approximate surface area is 130 Å². The van der Waals surface area contributed by atoms with E-state index in [9.17, 15) is 9.18 Å². The Morgan fingerprint density at radius 3 is 2.55 bits per heavy atom. The highest BCUT2D eigenvalue weighted by Crippen LogP contribution is 2.25. The molecule has 5 heteroatoms. The smallest absolute Gasteiger partial charge is 0.182 e. The van der Waals surface area contributed by atoms with E-state index in [-0.39, 0.29) is 11.6 Å². The van der Waals surface area contributed by atoms with Crippen molar-refractivity contribution in [2.45, 2.75) is 26.1 Å². The van der Waals surface area contributed by atoms with Gasteiger partial charge in [0.15, 0.2) is 5.78 Å². The average Bonchev–Trinajstić information content (AvgIpc) is 2.67. The number of Topliss-reactive ketones (excluding diaryl/α,β-unsaturated/α-hetero) is 1. The van der Waals surface area contributed by atoms with Gasteiger partial charge in [-0.1, -0.05) is 0 Å². The molecule has 0 saturated carbocycles. The molecule has 1 heterocycles. The van der Waals surface area contributed by atoms with Crippen LogP contribution < -0.4 is 0 Å². The van der Waals surface area contributed by atoms with Crippen molar-refractivity contribution in [1.82, 2.24) is 4.57 Å². The van der Waals surface area contributed by atoms with Crippen molar-refractivity contribution in [2.75, 3.05) is 0 Å². The fraction of sp³-hybridized carbons (Fsp3) is 0.267. The molecule has 0 fully saturated rings. The molecule has 0 aliphatic heterocycles. The van der Waals surface area contributed by atoms with Crippen LogP contribution in [-0.2, 0) is 0 Å². The number of halogens is 3. The van der Waals surface area contributed by atoms with Gasteiger partial charge in [-0.3, -0.25) is 4.79 Å². The van der Waals surface area contributed by atoms with E-state index >= 15 is 0 Å². The number of benzene rings is 1. The minimum atomic E-state index is -0.578. The molecule has 2 rings (SSSR count). The topological polar surface area (TPSA) is 22.0 Å². The number of aryl methyl sites for hydroxylation is 1. The molecule has 0 spiro atoms. The minimum Gasteiger partial charge on any atom is -0.318 e. The maximum absolute atomic E-state index is 13.7. The lowest BCUT2D eigenvalue weighted by atomic mass is 10.1. The van der Waals surface area contributed by atoms with Crippen molar-refractivity contribution >= 4 is 33.3 Å². The number of ketones is 1. The van der Waals surface area contributed by atoms with Crippen LogP contribution in [0, 0.1) is 19.7 Å². The van der Waals surface area contributed by atoms with Crippen LogP contribution in [0.5, 0.6) is 0 Å². The molecule has 1 unspecified atom stereocenters. The van der Waals surface area contributed by atoms with Crippen molar-refractivity contribution in [2.24, 2.45) is 0 Å². The highest BCUT2D eigenvalue weighted by molar-refractivity contribution is 9.10. The number of nitrogens with zero attached hydrogens (tertiary/aromatic N) is 1. The van der Waals surface area contributed by atoms with Crippen molar-refractivity contribution in [3.63, 3.8) is 0 Å². The molecule has 2 aromatic rings. The molecule has 0 bridgehead atoms. The Morgan fingerprint density at radius 1 is 1.35 bits per heavy atom. The second-order valence-electron chi connectivity index (χ2n) is 4.70. The van der Waals surface area contributed by atoms with Gasteiger partial charge in [-0.15, -0.1) is 11.6 Å². The van der Waals surface area contributed by atoms with Crippen LogP contribution in [0.1, 0.15) is 28.7 Å². The summed E-state index contributed by atoms with van der Waals surface area (Å²) in [4.78, 5) is 12.1. The number of hydrogen-bond acceptors (Lipinski definition) is 1. The Balaban J connectivity index is 2.58. The van der Waals surface area contributed by atoms with E-state index in [2.05, 4.69) is 15.9 Å². The van der Waals surface area contributed by atoms with Gasteiger partial charge < -0.3 is 4.57 Å². The van der Waals surface area contributed by atoms with Gasteiger partial charge in [-0.2, -0.15) is 0 Å². The number of aromatic nitrogens is 1. The van der Waals surface area contributed by atoms with Gasteiger partial charge >= 0.3 is 0 Å². The van der Waals surface area contributed by atoms with Crippen molar-refractivity contribution in [3.8, 4) is 5.69 Å². The molecule has 0 amide bonds. The molecule has 0 aliphatic carbocycles. The summed E-state index contributed by atoms with van der Waals surface area (Å²) in [6.45, 7) is 5.36. The SMILES string of the molecule is Cc1cc(C(=O)C(C)Cl)c(C)n1-c1ccc(Br)c(F)c1. The molecule has 1 atom stereocenters. The lowest BCUT2D eigenvalue weighted by Crippen LogP contribution is -2.11. The van der Waals surface area contributed by atoms with E-state index < -0.39 is 5.38 Å². The van der Waals surface area contributed by atoms with E-state index in [4.69, 9.17) is 11.6 Å². The van der Waals surface area contributed by atoms with Crippen LogP contribution in [-0.4, -0.2) is 15.7 Å². The number of hydrogen-bond donors (Lipinski definition) is 0. The highest BCUT2D eigenvalue weighted by Gasteiger charge is 2.20. The molecule has 20 heavy (non-hydrogen) atoms. The maximum Gasteiger partial charge on any atom is 0.182 e. The summed E-state index contributed by atoms with van der Waals surface area (Å²) >= 11 is 8.99. The first-order chi connectivity index (χ1) is 9.32. The molecule has 0 N–H and O–H groups in total. The second-order valence-corrected chi connectivity index (χ2v) is 6.21. The molecular weight excluding hydrogens is 345 g/mol. The zero-order valence-corrected chi connectivity index (χ0v) is 13.7. The number of carbonyl (C=O) groups excluding carboxylic acids is 1. The van der Waals surface area contributed by atoms with E-state index in [1.54, 1.807) is 25.1 Å². The molecule has 0 saturated heterocycles. The van der Waals surface area contributed by atoms with E-state index in [1.165, 1.54) is 6.07 Å². The molecule has 0 radical (unpaired) electrons. The summed E-state index contributed by atoms with van der Waals surface area (Å²) in [6.07, 6.45) is 0. The van der Waals surface area contributed by atoms with E-state index in [0.29, 0.717) is 15.7 Å². The summed E-state index contributed by atoms with van der Waals surface area (Å²) in [5.41, 5.74) is 2.89. The molecule has 106 valence electrons. The third-order valence-electron chi connectivity index (χ3n) is 3.22. The molecule has 1 aromatic carbocycles. The highest BCUT2D eigenvalue weighted by atomic mass is 79.9. The van der Waals surface area contributed by atoms with Gasteiger partial charge in [-0.05, 0) is 61.0 Å². The fourth-order valence-electron chi connectivity index (χ4n) is 2.25. The Morgan fingerprint density at radius 2 is 2.00 bits per heavy atom. The third kappa shape index (κ3) is 2.67. The van der Waals surface area contributed by atoms with Crippen molar-refractivity contribution in [1.29, 1.82) is 0 Å². The first-order valence-electron chi connectivity index (χ1n) is 6.15. The first kappa shape index (κ1) is 15.3. The third-order valence-corrected chi connectivity index (χ3v) is 4.06. The van der Waals surface area contributed by atoms with E-state index in [0.717, 1.165) is 11.4 Å². The molecular formula is C15H14BrClFNO. The van der Waals surface area contributed by atoms with Crippen LogP contribution in [0.25, 0.3) is 5.69 Å². The van der Waals surface area contributed by atoms with Gasteiger partial charge in [0, 0.05) is 22.6 Å². The summed E-state index contributed by atoms with van der Waals surface area (Å²) in [7, 11) is 0. The lowest BCUT2D eigenvalue weighted by molar-refractivity contribution is 0.0991. The van der Waals surface area contributed by atoms with Crippen LogP contribution >= 0.6 is 27.5 Å². The normalized spacial score (nSPS) is 12.5. The summed E-state index contributed by atoms with van der Waals surface area (Å²) in [5.74, 6) is -0.461. The second kappa shape index (κ2) is 5.70. The van der Waals surface area contributed by atoms with Crippen LogP contribution in [0.3, 0.4) is 0 Å². The zero-order chi connectivity index (χ0) is 15.0. The predicted octanol–water partition coefficient (Wildman–Crippen LogP) is 4.81. The van der Waals surface area contributed by atoms with Gasteiger partial charge in [0.25, 0.3) is 0 Å². The summed E-state index contributed by atoms with van der Waals surface area (Å²) in [6, 6.07) is 6.67. The Kier molecular flexibility index (Phi) is 4.35. The zero-order valence-electron chi connectivity index (χ0n) is 11.4. The summed E-state index contributed by atoms with van der Waals surface area (Å²) < 4.78 is 15.9. The quantitative estimate of drug-likeness (QED) is 0.570. The Hall–Kier alpha value is -1.13. The monoisotopic (exact) mass is 357 g/mol. The fourth-order valence-corrected chi connectivity index (χ4v) is 2.61. The number of carbonyl (C=O) groups is 1. The maximum atomic E-state index is 13.7. The van der Waals surface area contributed by atoms with Gasteiger partial charge in [-0.25, -0.2) is 4.39 Å². The average molecular weight is 359 g/mol. The largest absolute Gasteiger partial charge is 0.318 e. The number of alkyl halides is 1. The minimum absolute atomic E-state index is 0.122. The van der Waals surface area contributed by atoms with E-state index in [1.807, 2.05) is 18.4 Å². The first-order valence-corrected chi connectivity index (χ1v) is 7.38.